The zero-order valence-corrected chi connectivity index (χ0v) is 22.9. The Labute approximate surface area is 235 Å². The summed E-state index contributed by atoms with van der Waals surface area (Å²) in [6, 6.07) is 4.64. The highest BCUT2D eigenvalue weighted by molar-refractivity contribution is 5.87. The Bertz CT molecular complexity index is 1270. The maximum Gasteiger partial charge on any atom is 0.201 e. The number of carbonyl (C=O) groups excluding carboxylic acids is 1. The molecule has 4 rings (SSSR count). The summed E-state index contributed by atoms with van der Waals surface area (Å²) in [5.41, 5.74) is 1.69. The summed E-state index contributed by atoms with van der Waals surface area (Å²) in [7, 11) is 5.46. The van der Waals surface area contributed by atoms with E-state index in [9.17, 15) is 35.4 Å². The Morgan fingerprint density at radius 3 is 2.00 bits per heavy atom. The maximum atomic E-state index is 12.4. The lowest BCUT2D eigenvalue weighted by atomic mass is 9.71. The maximum absolute atomic E-state index is 12.4. The van der Waals surface area contributed by atoms with Crippen LogP contribution in [0.15, 0.2) is 23.8 Å². The molecule has 6 N–H and O–H groups in total. The molecular formula is C28H34O13. The van der Waals surface area contributed by atoms with E-state index in [0.29, 0.717) is 23.0 Å². The molecule has 0 amide bonds. The lowest BCUT2D eigenvalue weighted by Gasteiger charge is -2.41. The van der Waals surface area contributed by atoms with Crippen LogP contribution in [0, 0.1) is 5.92 Å². The third-order valence-corrected chi connectivity index (χ3v) is 7.46. The summed E-state index contributed by atoms with van der Waals surface area (Å²) in [4.78, 5) is 12.4. The largest absolute Gasteiger partial charge is 0.502 e. The zero-order chi connectivity index (χ0) is 30.0. The van der Waals surface area contributed by atoms with Crippen LogP contribution in [0.2, 0.25) is 0 Å². The summed E-state index contributed by atoms with van der Waals surface area (Å²) < 4.78 is 33.0. The fraction of sp³-hybridized carbons (Fsp3) is 0.464. The van der Waals surface area contributed by atoms with E-state index in [1.54, 1.807) is 24.3 Å². The minimum absolute atomic E-state index is 0.0643. The van der Waals surface area contributed by atoms with Crippen LogP contribution in [-0.2, 0) is 14.3 Å². The second-order valence-corrected chi connectivity index (χ2v) is 9.61. The molecule has 1 saturated heterocycles. The number of fused-ring (bicyclic) bond motifs is 1. The van der Waals surface area contributed by atoms with Gasteiger partial charge in [-0.05, 0) is 41.0 Å². The predicted octanol–water partition coefficient (Wildman–Crippen LogP) is 0.293. The third kappa shape index (κ3) is 5.39. The molecule has 1 fully saturated rings. The van der Waals surface area contributed by atoms with Gasteiger partial charge in [-0.2, -0.15) is 0 Å². The number of methoxy groups -OCH3 is 4. The summed E-state index contributed by atoms with van der Waals surface area (Å²) in [5, 5.41) is 61.9. The van der Waals surface area contributed by atoms with Gasteiger partial charge in [0.1, 0.15) is 30.7 Å². The topological polar surface area (TPSA) is 194 Å². The van der Waals surface area contributed by atoms with Gasteiger partial charge in [0, 0.05) is 17.4 Å². The van der Waals surface area contributed by atoms with Crippen LogP contribution in [0.4, 0.5) is 0 Å². The molecule has 13 nitrogen and oxygen atoms in total. The standard InChI is InChI=1S/C28H34O13/c1-36-16-7-13(8-17(37-2)22(16)31)20-15(11-40-28-26(35)25(34)23(32)19(10-30)41-28)14(9-29)5-12-6-18(38-3)24(33)27(39-4)21(12)20/h5-9,15,19-20,23,25-26,28,30-35H,10-11H2,1-4H3. The summed E-state index contributed by atoms with van der Waals surface area (Å²) in [5.74, 6) is -1.81. The number of aliphatic hydroxyl groups excluding tert-OH is 4. The monoisotopic (exact) mass is 578 g/mol. The van der Waals surface area contributed by atoms with E-state index in [2.05, 4.69) is 0 Å². The van der Waals surface area contributed by atoms with Crippen molar-refractivity contribution < 1.29 is 63.9 Å². The van der Waals surface area contributed by atoms with Gasteiger partial charge in [-0.1, -0.05) is 0 Å². The van der Waals surface area contributed by atoms with Gasteiger partial charge in [0.25, 0.3) is 0 Å². The van der Waals surface area contributed by atoms with E-state index < -0.39 is 49.1 Å². The molecule has 2 aromatic rings. The molecule has 7 atom stereocenters. The molecule has 224 valence electrons. The number of carbonyl (C=O) groups is 1. The number of hydrogen-bond donors (Lipinski definition) is 6. The average molecular weight is 579 g/mol. The number of ether oxygens (including phenoxy) is 6. The Hall–Kier alpha value is -3.59. The SMILES string of the molecule is COc1cc(C2c3c(cc(OC)c(O)c3OC)C=C(C=O)C2COC2OC(CO)C(O)C(O)C2O)cc(OC)c1O. The van der Waals surface area contributed by atoms with Crippen molar-refractivity contribution in [3.05, 3.63) is 40.5 Å². The number of phenols is 2. The minimum Gasteiger partial charge on any atom is -0.502 e. The number of phenolic OH excluding ortho intramolecular Hbond substituents is 2. The van der Waals surface area contributed by atoms with Gasteiger partial charge in [-0.3, -0.25) is 4.79 Å². The lowest BCUT2D eigenvalue weighted by Crippen LogP contribution is -2.59. The predicted molar refractivity (Wildman–Crippen MR) is 142 cm³/mol. The number of aromatic hydroxyl groups is 2. The van der Waals surface area contributed by atoms with Gasteiger partial charge >= 0.3 is 0 Å². The molecule has 1 aliphatic carbocycles. The second-order valence-electron chi connectivity index (χ2n) is 9.61. The second kappa shape index (κ2) is 12.5. The third-order valence-electron chi connectivity index (χ3n) is 7.46. The first-order valence-electron chi connectivity index (χ1n) is 12.7. The number of hydrogen-bond acceptors (Lipinski definition) is 13. The Morgan fingerprint density at radius 2 is 1.46 bits per heavy atom. The van der Waals surface area contributed by atoms with Crippen LogP contribution < -0.4 is 18.9 Å². The van der Waals surface area contributed by atoms with Gasteiger partial charge in [-0.15, -0.1) is 0 Å². The molecule has 1 heterocycles. The molecule has 13 heteroatoms. The van der Waals surface area contributed by atoms with Crippen molar-refractivity contribution in [2.24, 2.45) is 5.92 Å². The van der Waals surface area contributed by atoms with Crippen molar-refractivity contribution in [3.63, 3.8) is 0 Å². The molecule has 0 saturated carbocycles. The van der Waals surface area contributed by atoms with E-state index in [1.807, 2.05) is 0 Å². The van der Waals surface area contributed by atoms with Crippen molar-refractivity contribution in [1.29, 1.82) is 0 Å². The first-order chi connectivity index (χ1) is 19.6. The lowest BCUT2D eigenvalue weighted by molar-refractivity contribution is -0.302. The molecule has 1 aliphatic heterocycles. The van der Waals surface area contributed by atoms with Gasteiger partial charge in [0.15, 0.2) is 29.3 Å². The fourth-order valence-corrected chi connectivity index (χ4v) is 5.35. The van der Waals surface area contributed by atoms with Crippen molar-refractivity contribution in [3.8, 4) is 34.5 Å². The first kappa shape index (κ1) is 30.4. The van der Waals surface area contributed by atoms with Crippen LogP contribution in [-0.4, -0.2) is 109 Å². The molecule has 41 heavy (non-hydrogen) atoms. The van der Waals surface area contributed by atoms with E-state index in [-0.39, 0.29) is 46.7 Å². The summed E-state index contributed by atoms with van der Waals surface area (Å²) in [6.07, 6.45) is -5.34. The molecule has 2 aliphatic rings. The van der Waals surface area contributed by atoms with Gasteiger partial charge in [-0.25, -0.2) is 0 Å². The smallest absolute Gasteiger partial charge is 0.201 e. The Morgan fingerprint density at radius 1 is 0.854 bits per heavy atom. The van der Waals surface area contributed by atoms with Gasteiger partial charge in [0.2, 0.25) is 11.5 Å². The minimum atomic E-state index is -1.66. The molecule has 2 aromatic carbocycles. The van der Waals surface area contributed by atoms with Crippen LogP contribution in [0.25, 0.3) is 6.08 Å². The highest BCUT2D eigenvalue weighted by Crippen LogP contribution is 2.53. The average Bonchev–Trinajstić information content (AvgIpc) is 2.98. The number of aliphatic hydroxyl groups is 4. The van der Waals surface area contributed by atoms with E-state index in [4.69, 9.17) is 28.4 Å². The number of aldehydes is 1. The Kier molecular flexibility index (Phi) is 9.27. The molecule has 0 radical (unpaired) electrons. The molecule has 0 spiro atoms. The fourth-order valence-electron chi connectivity index (χ4n) is 5.35. The van der Waals surface area contributed by atoms with Gasteiger partial charge < -0.3 is 59.1 Å². The zero-order valence-electron chi connectivity index (χ0n) is 22.9. The van der Waals surface area contributed by atoms with E-state index in [0.717, 1.165) is 0 Å². The molecular weight excluding hydrogens is 544 g/mol. The molecule has 7 unspecified atom stereocenters. The summed E-state index contributed by atoms with van der Waals surface area (Å²) in [6.45, 7) is -0.923. The normalized spacial score (nSPS) is 27.4. The van der Waals surface area contributed by atoms with E-state index >= 15 is 0 Å². The number of rotatable bonds is 10. The van der Waals surface area contributed by atoms with Crippen molar-refractivity contribution in [2.45, 2.75) is 36.6 Å². The van der Waals surface area contributed by atoms with Crippen LogP contribution in [0.3, 0.4) is 0 Å². The van der Waals surface area contributed by atoms with Crippen molar-refractivity contribution >= 4 is 12.4 Å². The summed E-state index contributed by atoms with van der Waals surface area (Å²) >= 11 is 0. The van der Waals surface area contributed by atoms with Crippen LogP contribution in [0.5, 0.6) is 34.5 Å². The van der Waals surface area contributed by atoms with Crippen molar-refractivity contribution in [2.75, 3.05) is 41.7 Å². The van der Waals surface area contributed by atoms with Crippen LogP contribution >= 0.6 is 0 Å². The highest BCUT2D eigenvalue weighted by Gasteiger charge is 2.45. The number of benzene rings is 2. The van der Waals surface area contributed by atoms with Crippen molar-refractivity contribution in [1.82, 2.24) is 0 Å². The van der Waals surface area contributed by atoms with E-state index in [1.165, 1.54) is 28.4 Å². The van der Waals surface area contributed by atoms with Gasteiger partial charge in [0.05, 0.1) is 41.7 Å². The highest BCUT2D eigenvalue weighted by atomic mass is 16.7. The molecule has 0 bridgehead atoms. The Balaban J connectivity index is 1.87. The quantitative estimate of drug-likeness (QED) is 0.211. The van der Waals surface area contributed by atoms with Crippen LogP contribution in [0.1, 0.15) is 22.6 Å². The molecule has 0 aromatic heterocycles. The first-order valence-corrected chi connectivity index (χ1v) is 12.7.